The van der Waals surface area contributed by atoms with Crippen molar-refractivity contribution in [2.24, 2.45) is 5.73 Å². The van der Waals surface area contributed by atoms with E-state index in [1.54, 1.807) is 0 Å². The summed E-state index contributed by atoms with van der Waals surface area (Å²) in [6, 6.07) is 2.50. The maximum Gasteiger partial charge on any atom is 0.183 e. The van der Waals surface area contributed by atoms with E-state index in [2.05, 4.69) is 0 Å². The standard InChI is InChI=1S/C9H9ClFNO2/c1-14-8-3-5(7(13)4-12)2-6(10)9(8)11/h2-3H,4,12H2,1H3. The van der Waals surface area contributed by atoms with Crippen molar-refractivity contribution >= 4 is 17.4 Å². The lowest BCUT2D eigenvalue weighted by Gasteiger charge is -2.05. The lowest BCUT2D eigenvalue weighted by Crippen LogP contribution is -2.13. The van der Waals surface area contributed by atoms with Crippen molar-refractivity contribution < 1.29 is 13.9 Å². The van der Waals surface area contributed by atoms with Crippen molar-refractivity contribution in [2.45, 2.75) is 0 Å². The first-order valence-electron chi connectivity index (χ1n) is 3.86. The zero-order chi connectivity index (χ0) is 10.7. The highest BCUT2D eigenvalue weighted by Crippen LogP contribution is 2.26. The number of rotatable bonds is 3. The molecule has 76 valence electrons. The maximum atomic E-state index is 13.1. The van der Waals surface area contributed by atoms with Gasteiger partial charge in [-0.05, 0) is 12.1 Å². The van der Waals surface area contributed by atoms with Crippen LogP contribution in [-0.2, 0) is 0 Å². The highest BCUT2D eigenvalue weighted by atomic mass is 35.5. The third-order valence-electron chi connectivity index (χ3n) is 1.72. The summed E-state index contributed by atoms with van der Waals surface area (Å²) in [6.07, 6.45) is 0. The van der Waals surface area contributed by atoms with Gasteiger partial charge in [0.1, 0.15) is 0 Å². The molecule has 0 amide bonds. The normalized spacial score (nSPS) is 10.0. The van der Waals surface area contributed by atoms with Crippen molar-refractivity contribution in [1.82, 2.24) is 0 Å². The molecule has 3 nitrogen and oxygen atoms in total. The number of ketones is 1. The Hall–Kier alpha value is -1.13. The van der Waals surface area contributed by atoms with Crippen LogP contribution in [0.2, 0.25) is 5.02 Å². The van der Waals surface area contributed by atoms with Crippen LogP contribution in [0.5, 0.6) is 5.75 Å². The quantitative estimate of drug-likeness (QED) is 0.783. The van der Waals surface area contributed by atoms with Crippen molar-refractivity contribution in [1.29, 1.82) is 0 Å². The van der Waals surface area contributed by atoms with Gasteiger partial charge in [-0.1, -0.05) is 11.6 Å². The SMILES string of the molecule is COc1cc(C(=O)CN)cc(Cl)c1F. The molecule has 14 heavy (non-hydrogen) atoms. The molecule has 0 aromatic heterocycles. The number of hydrogen-bond acceptors (Lipinski definition) is 3. The zero-order valence-corrected chi connectivity index (χ0v) is 8.27. The highest BCUT2D eigenvalue weighted by molar-refractivity contribution is 6.31. The van der Waals surface area contributed by atoms with Crippen LogP contribution in [0.1, 0.15) is 10.4 Å². The maximum absolute atomic E-state index is 13.1. The number of carbonyl (C=O) groups excluding carboxylic acids is 1. The molecule has 1 rings (SSSR count). The van der Waals surface area contributed by atoms with Crippen molar-refractivity contribution in [3.8, 4) is 5.75 Å². The van der Waals surface area contributed by atoms with E-state index in [-0.39, 0.29) is 28.7 Å². The largest absolute Gasteiger partial charge is 0.494 e. The average Bonchev–Trinajstić information content (AvgIpc) is 2.20. The average molecular weight is 218 g/mol. The molecule has 1 aromatic rings. The van der Waals surface area contributed by atoms with Gasteiger partial charge in [0, 0.05) is 5.56 Å². The summed E-state index contributed by atoms with van der Waals surface area (Å²) in [5, 5.41) is -0.152. The fourth-order valence-corrected chi connectivity index (χ4v) is 1.20. The fraction of sp³-hybridized carbons (Fsp3) is 0.222. The number of halogens is 2. The number of hydrogen-bond donors (Lipinski definition) is 1. The van der Waals surface area contributed by atoms with Crippen LogP contribution in [0.3, 0.4) is 0 Å². The predicted octanol–water partition coefficient (Wildman–Crippen LogP) is 1.63. The zero-order valence-electron chi connectivity index (χ0n) is 7.51. The summed E-state index contributed by atoms with van der Waals surface area (Å²) < 4.78 is 17.9. The molecule has 0 aliphatic heterocycles. The van der Waals surface area contributed by atoms with E-state index in [4.69, 9.17) is 22.1 Å². The summed E-state index contributed by atoms with van der Waals surface area (Å²) in [4.78, 5) is 11.2. The van der Waals surface area contributed by atoms with E-state index in [0.717, 1.165) is 0 Å². The second kappa shape index (κ2) is 4.39. The molecule has 0 heterocycles. The minimum atomic E-state index is -0.678. The summed E-state index contributed by atoms with van der Waals surface area (Å²) in [7, 11) is 1.30. The van der Waals surface area contributed by atoms with Crippen LogP contribution in [-0.4, -0.2) is 19.4 Å². The minimum Gasteiger partial charge on any atom is -0.494 e. The molecule has 0 atom stereocenters. The first kappa shape index (κ1) is 10.9. The Morgan fingerprint density at radius 1 is 1.64 bits per heavy atom. The van der Waals surface area contributed by atoms with E-state index in [1.807, 2.05) is 0 Å². The smallest absolute Gasteiger partial charge is 0.183 e. The summed E-state index contributed by atoms with van der Waals surface area (Å²) in [5.41, 5.74) is 5.40. The van der Waals surface area contributed by atoms with Gasteiger partial charge >= 0.3 is 0 Å². The third-order valence-corrected chi connectivity index (χ3v) is 2.00. The Morgan fingerprint density at radius 3 is 2.79 bits per heavy atom. The molecule has 0 saturated carbocycles. The van der Waals surface area contributed by atoms with Crippen LogP contribution in [0, 0.1) is 5.82 Å². The van der Waals surface area contributed by atoms with Gasteiger partial charge in [0.25, 0.3) is 0 Å². The lowest BCUT2D eigenvalue weighted by atomic mass is 10.1. The summed E-state index contributed by atoms with van der Waals surface area (Å²) >= 11 is 5.55. The number of benzene rings is 1. The topological polar surface area (TPSA) is 52.3 Å². The first-order valence-corrected chi connectivity index (χ1v) is 4.24. The molecule has 0 aliphatic rings. The Balaban J connectivity index is 3.22. The Bertz CT molecular complexity index is 368. The third kappa shape index (κ3) is 2.02. The van der Waals surface area contributed by atoms with Crippen LogP contribution in [0.25, 0.3) is 0 Å². The number of nitrogens with two attached hydrogens (primary N) is 1. The molecule has 0 unspecified atom stereocenters. The van der Waals surface area contributed by atoms with E-state index < -0.39 is 5.82 Å². The van der Waals surface area contributed by atoms with Crippen LogP contribution in [0.4, 0.5) is 4.39 Å². The van der Waals surface area contributed by atoms with Gasteiger partial charge in [0.2, 0.25) is 0 Å². The van der Waals surface area contributed by atoms with Crippen LogP contribution >= 0.6 is 11.6 Å². The van der Waals surface area contributed by atoms with Gasteiger partial charge in [0.05, 0.1) is 18.7 Å². The molecule has 0 aliphatic carbocycles. The molecular formula is C9H9ClFNO2. The Morgan fingerprint density at radius 2 is 2.29 bits per heavy atom. The van der Waals surface area contributed by atoms with E-state index in [1.165, 1.54) is 19.2 Å². The van der Waals surface area contributed by atoms with E-state index >= 15 is 0 Å². The number of Topliss-reactive ketones (excluding diaryl/α,β-unsaturated/α-hetero) is 1. The molecule has 2 N–H and O–H groups in total. The Labute approximate surface area is 85.6 Å². The molecule has 0 fully saturated rings. The summed E-state index contributed by atoms with van der Waals surface area (Å²) in [6.45, 7) is -0.148. The molecule has 0 radical (unpaired) electrons. The van der Waals surface area contributed by atoms with Crippen molar-refractivity contribution in [3.63, 3.8) is 0 Å². The van der Waals surface area contributed by atoms with Gasteiger partial charge in [-0.15, -0.1) is 0 Å². The van der Waals surface area contributed by atoms with E-state index in [0.29, 0.717) is 0 Å². The molecule has 0 saturated heterocycles. The molecule has 0 bridgehead atoms. The minimum absolute atomic E-state index is 0.0608. The number of ether oxygens (including phenoxy) is 1. The van der Waals surface area contributed by atoms with Crippen LogP contribution < -0.4 is 10.5 Å². The highest BCUT2D eigenvalue weighted by Gasteiger charge is 2.13. The second-order valence-electron chi connectivity index (χ2n) is 2.60. The van der Waals surface area contributed by atoms with Gasteiger partial charge < -0.3 is 10.5 Å². The summed E-state index contributed by atoms with van der Waals surface area (Å²) in [5.74, 6) is -1.05. The van der Waals surface area contributed by atoms with Gasteiger partial charge in [-0.3, -0.25) is 4.79 Å². The molecule has 1 aromatic carbocycles. The van der Waals surface area contributed by atoms with Gasteiger partial charge in [-0.2, -0.15) is 0 Å². The fourth-order valence-electron chi connectivity index (χ4n) is 0.991. The Kier molecular flexibility index (Phi) is 3.43. The van der Waals surface area contributed by atoms with Gasteiger partial charge in [-0.25, -0.2) is 4.39 Å². The lowest BCUT2D eigenvalue weighted by molar-refractivity contribution is 0.100. The molecule has 0 spiro atoms. The number of carbonyl (C=O) groups is 1. The van der Waals surface area contributed by atoms with E-state index in [9.17, 15) is 9.18 Å². The van der Waals surface area contributed by atoms with Crippen LogP contribution in [0.15, 0.2) is 12.1 Å². The molecular weight excluding hydrogens is 209 g/mol. The van der Waals surface area contributed by atoms with Gasteiger partial charge in [0.15, 0.2) is 17.3 Å². The molecule has 5 heteroatoms. The predicted molar refractivity (Wildman–Crippen MR) is 51.3 cm³/mol. The van der Waals surface area contributed by atoms with Crippen molar-refractivity contribution in [2.75, 3.05) is 13.7 Å². The monoisotopic (exact) mass is 217 g/mol. The second-order valence-corrected chi connectivity index (χ2v) is 3.01. The van der Waals surface area contributed by atoms with Crippen molar-refractivity contribution in [3.05, 3.63) is 28.5 Å². The number of methoxy groups -OCH3 is 1. The first-order chi connectivity index (χ1) is 6.60.